The molecule has 0 aliphatic carbocycles. The number of hydrogen-bond donors (Lipinski definition) is 3. The number of amides is 2. The maximum absolute atomic E-state index is 11.8. The molecule has 0 spiro atoms. The Morgan fingerprint density at radius 3 is 2.74 bits per heavy atom. The first-order chi connectivity index (χ1) is 9.11. The second-order valence-corrected chi connectivity index (χ2v) is 4.03. The van der Waals surface area contributed by atoms with E-state index in [0.29, 0.717) is 5.56 Å². The van der Waals surface area contributed by atoms with Gasteiger partial charge in [-0.25, -0.2) is 0 Å². The van der Waals surface area contributed by atoms with E-state index >= 15 is 0 Å². The van der Waals surface area contributed by atoms with Crippen LogP contribution in [-0.4, -0.2) is 35.5 Å². The lowest BCUT2D eigenvalue weighted by molar-refractivity contribution is -0.131. The molecule has 2 atom stereocenters. The first kappa shape index (κ1) is 12.7. The lowest BCUT2D eigenvalue weighted by Crippen LogP contribution is -2.70. The van der Waals surface area contributed by atoms with Crippen molar-refractivity contribution in [3.05, 3.63) is 40.3 Å². The number of aromatic hydroxyl groups is 1. The average Bonchev–Trinajstić information content (AvgIpc) is 2.41. The number of carbonyl (C=O) groups is 2. The Morgan fingerprint density at radius 1 is 1.47 bits per heavy atom. The lowest BCUT2D eigenvalue weighted by atomic mass is 9.98. The van der Waals surface area contributed by atoms with Gasteiger partial charge >= 0.3 is 0 Å². The third-order valence-electron chi connectivity index (χ3n) is 2.77. The fraction of sp³-hybridized carbons (Fsp3) is 0.273. The summed E-state index contributed by atoms with van der Waals surface area (Å²) in [5.41, 5.74) is 8.54. The molecule has 8 heteroatoms. The minimum absolute atomic E-state index is 0.0548. The zero-order chi connectivity index (χ0) is 13.8. The van der Waals surface area contributed by atoms with Crippen molar-refractivity contribution in [3.8, 4) is 5.75 Å². The number of β-lactam (4-membered cyclic amide) rings is 1. The van der Waals surface area contributed by atoms with Gasteiger partial charge in [-0.3, -0.25) is 9.59 Å². The molecule has 1 heterocycles. The van der Waals surface area contributed by atoms with E-state index in [-0.39, 0.29) is 24.2 Å². The number of phenols is 1. The predicted octanol–water partition coefficient (Wildman–Crippen LogP) is 0.299. The van der Waals surface area contributed by atoms with Crippen molar-refractivity contribution in [2.75, 3.05) is 6.54 Å². The van der Waals surface area contributed by atoms with Crippen LogP contribution in [-0.2, 0) is 4.79 Å². The Bertz CT molecular complexity index is 550. The largest absolute Gasteiger partial charge is 0.508 e. The summed E-state index contributed by atoms with van der Waals surface area (Å²) < 4.78 is 0. The second kappa shape index (κ2) is 5.28. The molecule has 0 radical (unpaired) electrons. The van der Waals surface area contributed by atoms with Gasteiger partial charge in [-0.1, -0.05) is 5.11 Å². The van der Waals surface area contributed by atoms with Crippen LogP contribution >= 0.6 is 0 Å². The number of carbonyl (C=O) groups excluding carboxylic acids is 2. The van der Waals surface area contributed by atoms with E-state index in [9.17, 15) is 9.59 Å². The van der Waals surface area contributed by atoms with Crippen molar-refractivity contribution in [2.45, 2.75) is 12.1 Å². The van der Waals surface area contributed by atoms with Crippen molar-refractivity contribution in [1.29, 1.82) is 0 Å². The van der Waals surface area contributed by atoms with Gasteiger partial charge < -0.3 is 15.7 Å². The maximum Gasteiger partial charge on any atom is 0.251 e. The van der Waals surface area contributed by atoms with Crippen LogP contribution in [0.3, 0.4) is 0 Å². The molecule has 1 aromatic carbocycles. The van der Waals surface area contributed by atoms with E-state index in [1.165, 1.54) is 24.3 Å². The first-order valence-electron chi connectivity index (χ1n) is 5.53. The van der Waals surface area contributed by atoms with Crippen LogP contribution in [0.25, 0.3) is 10.4 Å². The highest BCUT2D eigenvalue weighted by Crippen LogP contribution is 2.12. The van der Waals surface area contributed by atoms with Crippen LogP contribution < -0.4 is 10.6 Å². The van der Waals surface area contributed by atoms with Crippen molar-refractivity contribution < 1.29 is 14.7 Å². The molecule has 3 N–H and O–H groups in total. The topological polar surface area (TPSA) is 127 Å². The predicted molar refractivity (Wildman–Crippen MR) is 65.3 cm³/mol. The van der Waals surface area contributed by atoms with Crippen molar-refractivity contribution >= 4 is 11.8 Å². The summed E-state index contributed by atoms with van der Waals surface area (Å²) >= 11 is 0. The summed E-state index contributed by atoms with van der Waals surface area (Å²) in [6, 6.07) is 4.57. The standard InChI is InChI=1S/C11H11N5O3/c12-16-13-5-8-9(11(19)14-8)15-10(18)6-1-3-7(17)4-2-6/h1-4,8-9,17H,5H2,(H,14,19)(H,15,18)/t8-,9+/m0/s1. The summed E-state index contributed by atoms with van der Waals surface area (Å²) in [7, 11) is 0. The van der Waals surface area contributed by atoms with Crippen LogP contribution in [0.5, 0.6) is 5.75 Å². The summed E-state index contributed by atoms with van der Waals surface area (Å²) in [5.74, 6) is -0.685. The van der Waals surface area contributed by atoms with Crippen LogP contribution in [0.4, 0.5) is 0 Å². The fourth-order valence-electron chi connectivity index (χ4n) is 1.72. The van der Waals surface area contributed by atoms with Crippen LogP contribution in [0.1, 0.15) is 10.4 Å². The Balaban J connectivity index is 1.99. The average molecular weight is 261 g/mol. The molecule has 0 aromatic heterocycles. The number of nitrogens with zero attached hydrogens (tertiary/aromatic N) is 3. The Labute approximate surface area is 108 Å². The van der Waals surface area contributed by atoms with Crippen LogP contribution in [0.15, 0.2) is 29.4 Å². The van der Waals surface area contributed by atoms with Crippen LogP contribution in [0.2, 0.25) is 0 Å². The van der Waals surface area contributed by atoms with Gasteiger partial charge in [0, 0.05) is 17.0 Å². The van der Waals surface area contributed by atoms with Gasteiger partial charge in [-0.15, -0.1) is 0 Å². The van der Waals surface area contributed by atoms with Crippen LogP contribution in [0, 0.1) is 0 Å². The summed E-state index contributed by atoms with van der Waals surface area (Å²) in [4.78, 5) is 25.8. The van der Waals surface area contributed by atoms with E-state index in [1.807, 2.05) is 0 Å². The fourth-order valence-corrected chi connectivity index (χ4v) is 1.72. The van der Waals surface area contributed by atoms with Gasteiger partial charge in [0.25, 0.3) is 5.91 Å². The number of benzene rings is 1. The van der Waals surface area contributed by atoms with Crippen molar-refractivity contribution in [2.24, 2.45) is 5.11 Å². The van der Waals surface area contributed by atoms with E-state index in [2.05, 4.69) is 20.7 Å². The summed E-state index contributed by atoms with van der Waals surface area (Å²) in [6.45, 7) is 0.0861. The molecule has 1 saturated heterocycles. The molecule has 1 aromatic rings. The molecule has 2 rings (SSSR count). The quantitative estimate of drug-likeness (QED) is 0.312. The number of phenolic OH excluding ortho intramolecular Hbond substituents is 1. The highest BCUT2D eigenvalue weighted by molar-refractivity contribution is 5.99. The minimum atomic E-state index is -0.702. The summed E-state index contributed by atoms with van der Waals surface area (Å²) in [5, 5.41) is 17.5. The van der Waals surface area contributed by atoms with Gasteiger partial charge in [-0.2, -0.15) is 0 Å². The molecule has 98 valence electrons. The molecule has 8 nitrogen and oxygen atoms in total. The van der Waals surface area contributed by atoms with E-state index in [1.54, 1.807) is 0 Å². The molecule has 1 fully saturated rings. The normalized spacial score (nSPS) is 20.7. The molecule has 2 amide bonds. The monoisotopic (exact) mass is 261 g/mol. The second-order valence-electron chi connectivity index (χ2n) is 4.03. The first-order valence-corrected chi connectivity index (χ1v) is 5.53. The van der Waals surface area contributed by atoms with E-state index < -0.39 is 11.9 Å². The molecule has 0 saturated carbocycles. The Hall–Kier alpha value is -2.73. The zero-order valence-corrected chi connectivity index (χ0v) is 9.78. The van der Waals surface area contributed by atoms with Gasteiger partial charge in [0.05, 0.1) is 6.04 Å². The molecular weight excluding hydrogens is 250 g/mol. The molecule has 1 aliphatic heterocycles. The molecule has 1 aliphatic rings. The minimum Gasteiger partial charge on any atom is -0.508 e. The van der Waals surface area contributed by atoms with E-state index in [0.717, 1.165) is 0 Å². The van der Waals surface area contributed by atoms with Gasteiger partial charge in [0.15, 0.2) is 0 Å². The highest BCUT2D eigenvalue weighted by atomic mass is 16.3. The Kier molecular flexibility index (Phi) is 3.53. The van der Waals surface area contributed by atoms with Crippen molar-refractivity contribution in [1.82, 2.24) is 10.6 Å². The smallest absolute Gasteiger partial charge is 0.251 e. The molecule has 19 heavy (non-hydrogen) atoms. The highest BCUT2D eigenvalue weighted by Gasteiger charge is 2.39. The summed E-state index contributed by atoms with van der Waals surface area (Å²) in [6.07, 6.45) is 0. The molecular formula is C11H11N5O3. The maximum atomic E-state index is 11.8. The molecule has 0 bridgehead atoms. The third-order valence-corrected chi connectivity index (χ3v) is 2.77. The number of hydrogen-bond acceptors (Lipinski definition) is 4. The third kappa shape index (κ3) is 2.75. The Morgan fingerprint density at radius 2 is 2.16 bits per heavy atom. The molecule has 0 unspecified atom stereocenters. The number of azide groups is 1. The van der Waals surface area contributed by atoms with Gasteiger partial charge in [0.2, 0.25) is 5.91 Å². The van der Waals surface area contributed by atoms with Gasteiger partial charge in [-0.05, 0) is 29.8 Å². The van der Waals surface area contributed by atoms with E-state index in [4.69, 9.17) is 10.6 Å². The zero-order valence-electron chi connectivity index (χ0n) is 9.78. The SMILES string of the molecule is [N-]=[N+]=NC[C@@H]1NC(=O)[C@@H]1NC(=O)c1ccc(O)cc1. The lowest BCUT2D eigenvalue weighted by Gasteiger charge is -2.36. The van der Waals surface area contributed by atoms with Crippen molar-refractivity contribution in [3.63, 3.8) is 0 Å². The number of nitrogens with one attached hydrogen (secondary N) is 2. The number of rotatable bonds is 4. The van der Waals surface area contributed by atoms with Gasteiger partial charge in [0.1, 0.15) is 11.8 Å².